The second-order valence-electron chi connectivity index (χ2n) is 5.46. The van der Waals surface area contributed by atoms with Gasteiger partial charge in [0.2, 0.25) is 0 Å². The monoisotopic (exact) mass is 248 g/mol. The van der Waals surface area contributed by atoms with Crippen LogP contribution in [0.25, 0.3) is 0 Å². The third kappa shape index (κ3) is 9.57. The molecular formula is C14H32O3. The molecule has 1 aliphatic carbocycles. The van der Waals surface area contributed by atoms with E-state index >= 15 is 0 Å². The van der Waals surface area contributed by atoms with Crippen LogP contribution in [0.4, 0.5) is 0 Å². The Morgan fingerprint density at radius 1 is 1.12 bits per heavy atom. The van der Waals surface area contributed by atoms with Crippen molar-refractivity contribution < 1.29 is 15.7 Å². The lowest BCUT2D eigenvalue weighted by Crippen LogP contribution is -2.22. The highest BCUT2D eigenvalue weighted by molar-refractivity contribution is 4.73. The highest BCUT2D eigenvalue weighted by Crippen LogP contribution is 2.29. The van der Waals surface area contributed by atoms with Gasteiger partial charge in [-0.3, -0.25) is 0 Å². The Bertz CT molecular complexity index is 148. The number of hydrogen-bond acceptors (Lipinski definition) is 2. The molecule has 0 bridgehead atoms. The van der Waals surface area contributed by atoms with E-state index in [-0.39, 0.29) is 11.6 Å². The zero-order valence-corrected chi connectivity index (χ0v) is 11.9. The lowest BCUT2D eigenvalue weighted by atomic mass is 9.81. The highest BCUT2D eigenvalue weighted by atomic mass is 16.3. The van der Waals surface area contributed by atoms with Gasteiger partial charge in [0.25, 0.3) is 0 Å². The normalized spacial score (nSPS) is 27.2. The number of hydrogen-bond donors (Lipinski definition) is 2. The van der Waals surface area contributed by atoms with Crippen LogP contribution in [-0.4, -0.2) is 28.4 Å². The van der Waals surface area contributed by atoms with Gasteiger partial charge in [0.1, 0.15) is 0 Å². The minimum absolute atomic E-state index is 0. The number of aliphatic hydroxyl groups excluding tert-OH is 2. The largest absolute Gasteiger partial charge is 0.412 e. The average molecular weight is 248 g/mol. The molecule has 1 rings (SSSR count). The lowest BCUT2D eigenvalue weighted by molar-refractivity contribution is 0.0909. The first-order chi connectivity index (χ1) is 7.51. The van der Waals surface area contributed by atoms with Gasteiger partial charge in [0, 0.05) is 6.61 Å². The molecule has 1 fully saturated rings. The van der Waals surface area contributed by atoms with Crippen LogP contribution in [0.1, 0.15) is 59.8 Å². The van der Waals surface area contributed by atoms with Crippen molar-refractivity contribution in [3.05, 3.63) is 0 Å². The van der Waals surface area contributed by atoms with Gasteiger partial charge >= 0.3 is 0 Å². The van der Waals surface area contributed by atoms with Crippen LogP contribution in [0, 0.1) is 17.8 Å². The number of aliphatic hydroxyl groups is 2. The average Bonchev–Trinajstić information content (AvgIpc) is 2.29. The Kier molecular flexibility index (Phi) is 12.4. The minimum atomic E-state index is -0.0764. The Morgan fingerprint density at radius 2 is 1.59 bits per heavy atom. The summed E-state index contributed by atoms with van der Waals surface area (Å²) in [7, 11) is 0. The van der Waals surface area contributed by atoms with Crippen molar-refractivity contribution >= 4 is 0 Å². The van der Waals surface area contributed by atoms with Gasteiger partial charge in [-0.2, -0.15) is 0 Å². The summed E-state index contributed by atoms with van der Waals surface area (Å²) in [6.07, 6.45) is 6.10. The van der Waals surface area contributed by atoms with Crippen molar-refractivity contribution in [2.75, 3.05) is 6.61 Å². The summed E-state index contributed by atoms with van der Waals surface area (Å²) in [5.41, 5.74) is 0. The Hall–Kier alpha value is -0.120. The highest BCUT2D eigenvalue weighted by Gasteiger charge is 2.21. The van der Waals surface area contributed by atoms with Gasteiger partial charge in [-0.15, -0.1) is 0 Å². The maximum Gasteiger partial charge on any atom is 0.0540 e. The molecule has 0 aromatic carbocycles. The molecular weight excluding hydrogens is 216 g/mol. The van der Waals surface area contributed by atoms with E-state index in [1.54, 1.807) is 0 Å². The minimum Gasteiger partial charge on any atom is -0.412 e. The SMILES string of the molecule is CC1CCC(C(C)O)CC1.CCC(C)CO.O. The topological polar surface area (TPSA) is 72.0 Å². The van der Waals surface area contributed by atoms with E-state index in [0.717, 1.165) is 12.3 Å². The first-order valence-electron chi connectivity index (χ1n) is 6.80. The molecule has 2 atom stereocenters. The molecule has 1 saturated carbocycles. The molecule has 0 aromatic heterocycles. The first-order valence-corrected chi connectivity index (χ1v) is 6.80. The quantitative estimate of drug-likeness (QED) is 0.805. The Labute approximate surface area is 107 Å². The lowest BCUT2D eigenvalue weighted by Gasteiger charge is -2.27. The zero-order chi connectivity index (χ0) is 12.6. The van der Waals surface area contributed by atoms with Gasteiger partial charge in [-0.05, 0) is 37.5 Å². The van der Waals surface area contributed by atoms with E-state index in [2.05, 4.69) is 13.8 Å². The third-order valence-corrected chi connectivity index (χ3v) is 3.75. The molecule has 3 nitrogen and oxygen atoms in total. The van der Waals surface area contributed by atoms with Crippen molar-refractivity contribution in [2.24, 2.45) is 17.8 Å². The molecule has 0 amide bonds. The van der Waals surface area contributed by atoms with Crippen LogP contribution in [0.5, 0.6) is 0 Å². The molecule has 0 saturated heterocycles. The van der Waals surface area contributed by atoms with Crippen molar-refractivity contribution in [1.82, 2.24) is 0 Å². The van der Waals surface area contributed by atoms with Crippen LogP contribution >= 0.6 is 0 Å². The summed E-state index contributed by atoms with van der Waals surface area (Å²) in [5, 5.41) is 17.6. The van der Waals surface area contributed by atoms with Crippen molar-refractivity contribution in [3.8, 4) is 0 Å². The van der Waals surface area contributed by atoms with Gasteiger partial charge in [0.05, 0.1) is 6.10 Å². The fourth-order valence-electron chi connectivity index (χ4n) is 1.90. The molecule has 17 heavy (non-hydrogen) atoms. The van der Waals surface area contributed by atoms with Gasteiger partial charge in [-0.25, -0.2) is 0 Å². The molecule has 4 N–H and O–H groups in total. The Balaban J connectivity index is 0. The van der Waals surface area contributed by atoms with Crippen LogP contribution < -0.4 is 0 Å². The standard InChI is InChI=1S/C9H18O.C5H12O.H2O/c1-7-3-5-9(6-4-7)8(2)10;1-3-5(2)4-6;/h7-10H,3-6H2,1-2H3;5-6H,3-4H2,1-2H3;1H2. The molecule has 0 radical (unpaired) electrons. The van der Waals surface area contributed by atoms with Crippen molar-refractivity contribution in [2.45, 2.75) is 65.9 Å². The summed E-state index contributed by atoms with van der Waals surface area (Å²) in [4.78, 5) is 0. The van der Waals surface area contributed by atoms with E-state index < -0.39 is 0 Å². The fourth-order valence-corrected chi connectivity index (χ4v) is 1.90. The zero-order valence-electron chi connectivity index (χ0n) is 11.9. The summed E-state index contributed by atoms with van der Waals surface area (Å²) in [5.74, 6) is 1.98. The summed E-state index contributed by atoms with van der Waals surface area (Å²) in [6.45, 7) is 8.65. The van der Waals surface area contributed by atoms with E-state index in [4.69, 9.17) is 5.11 Å². The van der Waals surface area contributed by atoms with Crippen LogP contribution in [0.15, 0.2) is 0 Å². The number of rotatable bonds is 3. The van der Waals surface area contributed by atoms with E-state index in [0.29, 0.717) is 18.4 Å². The predicted molar refractivity (Wildman–Crippen MR) is 73.0 cm³/mol. The molecule has 0 aromatic rings. The maximum atomic E-state index is 9.26. The van der Waals surface area contributed by atoms with Crippen molar-refractivity contribution in [3.63, 3.8) is 0 Å². The molecule has 0 heterocycles. The summed E-state index contributed by atoms with van der Waals surface area (Å²) < 4.78 is 0. The van der Waals surface area contributed by atoms with Gasteiger partial charge < -0.3 is 15.7 Å². The smallest absolute Gasteiger partial charge is 0.0540 e. The molecule has 0 aliphatic heterocycles. The predicted octanol–water partition coefficient (Wildman–Crippen LogP) is 2.39. The summed E-state index contributed by atoms with van der Waals surface area (Å²) >= 11 is 0. The second-order valence-corrected chi connectivity index (χ2v) is 5.46. The maximum absolute atomic E-state index is 9.26. The molecule has 2 unspecified atom stereocenters. The molecule has 3 heteroatoms. The van der Waals surface area contributed by atoms with Crippen LogP contribution in [0.3, 0.4) is 0 Å². The van der Waals surface area contributed by atoms with Crippen molar-refractivity contribution in [1.29, 1.82) is 0 Å². The van der Waals surface area contributed by atoms with E-state index in [1.807, 2.05) is 13.8 Å². The third-order valence-electron chi connectivity index (χ3n) is 3.75. The van der Waals surface area contributed by atoms with Gasteiger partial charge in [0.15, 0.2) is 0 Å². The Morgan fingerprint density at radius 3 is 1.82 bits per heavy atom. The second kappa shape index (κ2) is 11.0. The first kappa shape index (κ1) is 19.2. The summed E-state index contributed by atoms with van der Waals surface area (Å²) in [6, 6.07) is 0. The van der Waals surface area contributed by atoms with E-state index in [1.165, 1.54) is 25.7 Å². The fraction of sp³-hybridized carbons (Fsp3) is 1.00. The van der Waals surface area contributed by atoms with Crippen LogP contribution in [0.2, 0.25) is 0 Å². The van der Waals surface area contributed by atoms with Gasteiger partial charge in [-0.1, -0.05) is 40.0 Å². The van der Waals surface area contributed by atoms with E-state index in [9.17, 15) is 5.11 Å². The molecule has 106 valence electrons. The van der Waals surface area contributed by atoms with Crippen LogP contribution in [-0.2, 0) is 0 Å². The molecule has 1 aliphatic rings. The molecule has 0 spiro atoms.